The van der Waals surface area contributed by atoms with Crippen LogP contribution in [-0.4, -0.2) is 59.5 Å². The third-order valence-corrected chi connectivity index (χ3v) is 6.56. The zero-order valence-electron chi connectivity index (χ0n) is 15.8. The van der Waals surface area contributed by atoms with Crippen LogP contribution in [-0.2, 0) is 9.59 Å². The van der Waals surface area contributed by atoms with E-state index in [0.717, 1.165) is 37.8 Å². The molecule has 5 heteroatoms. The summed E-state index contributed by atoms with van der Waals surface area (Å²) in [6, 6.07) is 10.1. The zero-order chi connectivity index (χ0) is 18.9. The number of hydrogen-bond acceptors (Lipinski definition) is 3. The van der Waals surface area contributed by atoms with E-state index in [1.807, 2.05) is 28.0 Å². The van der Waals surface area contributed by atoms with Gasteiger partial charge in [0.05, 0.1) is 12.0 Å². The van der Waals surface area contributed by atoms with E-state index in [9.17, 15) is 14.7 Å². The lowest BCUT2D eigenvalue weighted by molar-refractivity contribution is -0.140. The molecule has 3 fully saturated rings. The van der Waals surface area contributed by atoms with Crippen molar-refractivity contribution in [1.82, 2.24) is 9.80 Å². The van der Waals surface area contributed by atoms with Gasteiger partial charge in [-0.2, -0.15) is 0 Å². The van der Waals surface area contributed by atoms with Crippen molar-refractivity contribution in [2.24, 2.45) is 10.8 Å². The standard InChI is InChI=1S/C22H28N2O3/c25-17-22(8-9-22)20(27)23-13-10-21(11-14-23)15-19(26)24(16-21)12-4-7-18-5-2-1-3-6-18/h1-7,25H,8-17H2/b7-4+. The maximum atomic E-state index is 12.6. The first kappa shape index (κ1) is 18.2. The molecule has 1 saturated carbocycles. The monoisotopic (exact) mass is 368 g/mol. The van der Waals surface area contributed by atoms with E-state index in [2.05, 4.69) is 24.3 Å². The molecular formula is C22H28N2O3. The molecular weight excluding hydrogens is 340 g/mol. The molecule has 2 heterocycles. The molecule has 0 atom stereocenters. The van der Waals surface area contributed by atoms with E-state index < -0.39 is 5.41 Å². The first-order valence-electron chi connectivity index (χ1n) is 9.96. The Balaban J connectivity index is 1.31. The van der Waals surface area contributed by atoms with Crippen molar-refractivity contribution in [2.45, 2.75) is 32.1 Å². The van der Waals surface area contributed by atoms with Gasteiger partial charge in [0.2, 0.25) is 11.8 Å². The van der Waals surface area contributed by atoms with E-state index in [0.29, 0.717) is 26.1 Å². The van der Waals surface area contributed by atoms with Gasteiger partial charge in [0.15, 0.2) is 0 Å². The van der Waals surface area contributed by atoms with Gasteiger partial charge in [-0.3, -0.25) is 9.59 Å². The summed E-state index contributed by atoms with van der Waals surface area (Å²) in [5.74, 6) is 0.341. The number of nitrogens with zero attached hydrogens (tertiary/aromatic N) is 2. The SMILES string of the molecule is O=C1CC2(CCN(C(=O)C3(CO)CC3)CC2)CN1C/C=C/c1ccccc1. The quantitative estimate of drug-likeness (QED) is 0.868. The van der Waals surface area contributed by atoms with Gasteiger partial charge in [0, 0.05) is 38.0 Å². The average Bonchev–Trinajstić information content (AvgIpc) is 3.44. The Kier molecular flexibility index (Phi) is 4.81. The van der Waals surface area contributed by atoms with Crippen LogP contribution in [0.1, 0.15) is 37.7 Å². The number of benzene rings is 1. The Morgan fingerprint density at radius 1 is 1.11 bits per heavy atom. The van der Waals surface area contributed by atoms with Gasteiger partial charge in [-0.1, -0.05) is 42.5 Å². The molecule has 27 heavy (non-hydrogen) atoms. The summed E-state index contributed by atoms with van der Waals surface area (Å²) in [6.45, 7) is 2.82. The van der Waals surface area contributed by atoms with Crippen molar-refractivity contribution >= 4 is 17.9 Å². The number of aliphatic hydroxyl groups is 1. The number of carbonyl (C=O) groups excluding carboxylic acids is 2. The fraction of sp³-hybridized carbons (Fsp3) is 0.545. The minimum atomic E-state index is -0.482. The molecule has 4 rings (SSSR count). The van der Waals surface area contributed by atoms with Gasteiger partial charge in [-0.05, 0) is 31.2 Å². The van der Waals surface area contributed by atoms with E-state index in [1.165, 1.54) is 0 Å². The number of carbonyl (C=O) groups is 2. The maximum Gasteiger partial charge on any atom is 0.231 e. The van der Waals surface area contributed by atoms with Crippen LogP contribution in [0.25, 0.3) is 6.08 Å². The van der Waals surface area contributed by atoms with Crippen molar-refractivity contribution in [1.29, 1.82) is 0 Å². The predicted molar refractivity (Wildman–Crippen MR) is 104 cm³/mol. The Morgan fingerprint density at radius 2 is 1.81 bits per heavy atom. The predicted octanol–water partition coefficient (Wildman–Crippen LogP) is 2.31. The van der Waals surface area contributed by atoms with Crippen molar-refractivity contribution in [3.63, 3.8) is 0 Å². The van der Waals surface area contributed by atoms with Crippen LogP contribution in [0.4, 0.5) is 0 Å². The van der Waals surface area contributed by atoms with Gasteiger partial charge in [0.1, 0.15) is 0 Å². The Morgan fingerprint density at radius 3 is 2.44 bits per heavy atom. The van der Waals surface area contributed by atoms with Crippen LogP contribution >= 0.6 is 0 Å². The Hall–Kier alpha value is -2.14. The Bertz CT molecular complexity index is 731. The highest BCUT2D eigenvalue weighted by Crippen LogP contribution is 2.48. The molecule has 5 nitrogen and oxygen atoms in total. The Labute approximate surface area is 160 Å². The molecule has 3 aliphatic rings. The smallest absolute Gasteiger partial charge is 0.231 e. The van der Waals surface area contributed by atoms with Crippen LogP contribution in [0.3, 0.4) is 0 Å². The van der Waals surface area contributed by atoms with E-state index in [1.54, 1.807) is 0 Å². The summed E-state index contributed by atoms with van der Waals surface area (Å²) in [5.41, 5.74) is 0.679. The lowest BCUT2D eigenvalue weighted by atomic mass is 9.77. The molecule has 1 aliphatic carbocycles. The molecule has 1 spiro atoms. The summed E-state index contributed by atoms with van der Waals surface area (Å²) in [7, 11) is 0. The molecule has 0 aromatic heterocycles. The second-order valence-corrected chi connectivity index (χ2v) is 8.49. The highest BCUT2D eigenvalue weighted by molar-refractivity contribution is 5.86. The van der Waals surface area contributed by atoms with Gasteiger partial charge < -0.3 is 14.9 Å². The normalized spacial score (nSPS) is 23.4. The largest absolute Gasteiger partial charge is 0.395 e. The zero-order valence-corrected chi connectivity index (χ0v) is 15.8. The second-order valence-electron chi connectivity index (χ2n) is 8.49. The van der Waals surface area contributed by atoms with Crippen LogP contribution < -0.4 is 0 Å². The number of rotatable bonds is 5. The molecule has 0 bridgehead atoms. The highest BCUT2D eigenvalue weighted by atomic mass is 16.3. The van der Waals surface area contributed by atoms with Gasteiger partial charge in [-0.15, -0.1) is 0 Å². The third kappa shape index (κ3) is 3.65. The lowest BCUT2D eigenvalue weighted by Gasteiger charge is -2.40. The molecule has 144 valence electrons. The summed E-state index contributed by atoms with van der Waals surface area (Å²) in [4.78, 5) is 29.0. The van der Waals surface area contributed by atoms with Crippen molar-refractivity contribution in [2.75, 3.05) is 32.8 Å². The van der Waals surface area contributed by atoms with E-state index >= 15 is 0 Å². The number of amides is 2. The minimum Gasteiger partial charge on any atom is -0.395 e. The van der Waals surface area contributed by atoms with Crippen LogP contribution in [0.2, 0.25) is 0 Å². The summed E-state index contributed by atoms with van der Waals surface area (Å²) >= 11 is 0. The fourth-order valence-corrected chi connectivity index (χ4v) is 4.47. The second kappa shape index (κ2) is 7.12. The number of likely N-dealkylation sites (tertiary alicyclic amines) is 2. The molecule has 1 aromatic rings. The summed E-state index contributed by atoms with van der Waals surface area (Å²) in [6.07, 6.45) is 8.09. The first-order chi connectivity index (χ1) is 13.1. The summed E-state index contributed by atoms with van der Waals surface area (Å²) in [5, 5.41) is 9.49. The molecule has 1 aromatic carbocycles. The maximum absolute atomic E-state index is 12.6. The minimum absolute atomic E-state index is 0.0182. The first-order valence-corrected chi connectivity index (χ1v) is 9.96. The molecule has 2 aliphatic heterocycles. The molecule has 1 N–H and O–H groups in total. The average molecular weight is 368 g/mol. The fourth-order valence-electron chi connectivity index (χ4n) is 4.47. The van der Waals surface area contributed by atoms with Crippen molar-refractivity contribution in [3.05, 3.63) is 42.0 Å². The molecule has 0 radical (unpaired) electrons. The number of hydrogen-bond donors (Lipinski definition) is 1. The van der Waals surface area contributed by atoms with Crippen molar-refractivity contribution in [3.8, 4) is 0 Å². The number of piperidine rings is 1. The van der Waals surface area contributed by atoms with E-state index in [4.69, 9.17) is 0 Å². The molecule has 2 saturated heterocycles. The van der Waals surface area contributed by atoms with E-state index in [-0.39, 0.29) is 23.8 Å². The lowest BCUT2D eigenvalue weighted by Crippen LogP contribution is -2.47. The summed E-state index contributed by atoms with van der Waals surface area (Å²) < 4.78 is 0. The number of aliphatic hydroxyl groups excluding tert-OH is 1. The van der Waals surface area contributed by atoms with Gasteiger partial charge in [0.25, 0.3) is 0 Å². The van der Waals surface area contributed by atoms with Crippen molar-refractivity contribution < 1.29 is 14.7 Å². The topological polar surface area (TPSA) is 60.9 Å². The van der Waals surface area contributed by atoms with Crippen LogP contribution in [0.15, 0.2) is 36.4 Å². The molecule has 2 amide bonds. The van der Waals surface area contributed by atoms with Gasteiger partial charge >= 0.3 is 0 Å². The molecule has 0 unspecified atom stereocenters. The third-order valence-electron chi connectivity index (χ3n) is 6.56. The highest BCUT2D eigenvalue weighted by Gasteiger charge is 2.53. The van der Waals surface area contributed by atoms with Crippen LogP contribution in [0.5, 0.6) is 0 Å². The van der Waals surface area contributed by atoms with Gasteiger partial charge in [-0.25, -0.2) is 0 Å². The van der Waals surface area contributed by atoms with Crippen LogP contribution in [0, 0.1) is 10.8 Å².